The van der Waals surface area contributed by atoms with Gasteiger partial charge in [-0.2, -0.15) is 4.98 Å². The van der Waals surface area contributed by atoms with E-state index in [9.17, 15) is 9.59 Å². The second kappa shape index (κ2) is 7.93. The van der Waals surface area contributed by atoms with Gasteiger partial charge >= 0.3 is 0 Å². The molecule has 142 valence electrons. The van der Waals surface area contributed by atoms with Gasteiger partial charge in [-0.15, -0.1) is 0 Å². The van der Waals surface area contributed by atoms with Crippen molar-refractivity contribution in [3.8, 4) is 11.4 Å². The van der Waals surface area contributed by atoms with Crippen LogP contribution in [0.4, 0.5) is 5.69 Å². The first-order chi connectivity index (χ1) is 13.6. The van der Waals surface area contributed by atoms with E-state index in [0.29, 0.717) is 18.3 Å². The molecular weight excluding hydrogens is 424 g/mol. The second-order valence-corrected chi connectivity index (χ2v) is 7.40. The first kappa shape index (κ1) is 18.4. The van der Waals surface area contributed by atoms with E-state index in [2.05, 4.69) is 31.4 Å². The Labute approximate surface area is 169 Å². The number of halogens is 1. The number of nitrogens with one attached hydrogen (secondary N) is 1. The number of nitrogens with zero attached hydrogens (tertiary/aromatic N) is 3. The van der Waals surface area contributed by atoms with E-state index in [4.69, 9.17) is 4.52 Å². The van der Waals surface area contributed by atoms with Crippen molar-refractivity contribution in [3.05, 3.63) is 65.0 Å². The largest absolute Gasteiger partial charge is 0.347 e. The van der Waals surface area contributed by atoms with Crippen LogP contribution in [0, 0.1) is 5.92 Å². The highest BCUT2D eigenvalue weighted by Gasteiger charge is 2.35. The van der Waals surface area contributed by atoms with Gasteiger partial charge in [0, 0.05) is 28.7 Å². The molecule has 8 heteroatoms. The first-order valence-corrected chi connectivity index (χ1v) is 9.61. The van der Waals surface area contributed by atoms with Crippen LogP contribution < -0.4 is 10.2 Å². The van der Waals surface area contributed by atoms with Crippen molar-refractivity contribution in [2.45, 2.75) is 13.0 Å². The summed E-state index contributed by atoms with van der Waals surface area (Å²) in [7, 11) is 0. The summed E-state index contributed by atoms with van der Waals surface area (Å²) >= 11 is 3.40. The summed E-state index contributed by atoms with van der Waals surface area (Å²) in [4.78, 5) is 30.7. The minimum Gasteiger partial charge on any atom is -0.347 e. The summed E-state index contributed by atoms with van der Waals surface area (Å²) in [5.74, 6) is 0.109. The Morgan fingerprint density at radius 1 is 1.21 bits per heavy atom. The molecule has 0 saturated carbocycles. The highest BCUT2D eigenvalue weighted by Crippen LogP contribution is 2.27. The highest BCUT2D eigenvalue weighted by atomic mass is 79.9. The lowest BCUT2D eigenvalue weighted by Gasteiger charge is -2.16. The van der Waals surface area contributed by atoms with E-state index in [1.807, 2.05) is 54.6 Å². The van der Waals surface area contributed by atoms with Gasteiger partial charge in [0.1, 0.15) is 0 Å². The van der Waals surface area contributed by atoms with Crippen molar-refractivity contribution in [2.75, 3.05) is 11.4 Å². The summed E-state index contributed by atoms with van der Waals surface area (Å²) in [5.41, 5.74) is 1.62. The van der Waals surface area contributed by atoms with Crippen LogP contribution in [-0.2, 0) is 16.1 Å². The van der Waals surface area contributed by atoms with Gasteiger partial charge in [0.05, 0.1) is 12.5 Å². The zero-order chi connectivity index (χ0) is 19.5. The second-order valence-electron chi connectivity index (χ2n) is 6.48. The molecule has 1 atom stereocenters. The number of anilines is 1. The van der Waals surface area contributed by atoms with Crippen LogP contribution in [0.5, 0.6) is 0 Å². The van der Waals surface area contributed by atoms with Crippen LogP contribution in [0.2, 0.25) is 0 Å². The molecule has 2 aromatic carbocycles. The fourth-order valence-electron chi connectivity index (χ4n) is 3.11. The van der Waals surface area contributed by atoms with Gasteiger partial charge in [-0.3, -0.25) is 9.59 Å². The summed E-state index contributed by atoms with van der Waals surface area (Å²) in [6, 6.07) is 16.9. The lowest BCUT2D eigenvalue weighted by atomic mass is 10.1. The van der Waals surface area contributed by atoms with Crippen LogP contribution in [0.25, 0.3) is 11.4 Å². The molecule has 1 aliphatic heterocycles. The van der Waals surface area contributed by atoms with Gasteiger partial charge in [0.15, 0.2) is 0 Å². The van der Waals surface area contributed by atoms with Crippen LogP contribution >= 0.6 is 15.9 Å². The van der Waals surface area contributed by atoms with Gasteiger partial charge in [-0.1, -0.05) is 57.5 Å². The Morgan fingerprint density at radius 3 is 2.82 bits per heavy atom. The molecule has 3 aromatic rings. The number of benzene rings is 2. The van der Waals surface area contributed by atoms with E-state index >= 15 is 0 Å². The quantitative estimate of drug-likeness (QED) is 0.657. The number of carbonyl (C=O) groups is 2. The molecule has 28 heavy (non-hydrogen) atoms. The molecule has 1 aliphatic rings. The summed E-state index contributed by atoms with van der Waals surface area (Å²) < 4.78 is 6.08. The molecule has 1 aromatic heterocycles. The van der Waals surface area contributed by atoms with E-state index in [1.165, 1.54) is 0 Å². The lowest BCUT2D eigenvalue weighted by molar-refractivity contribution is -0.126. The molecule has 7 nitrogen and oxygen atoms in total. The van der Waals surface area contributed by atoms with Crippen molar-refractivity contribution in [2.24, 2.45) is 5.92 Å². The molecule has 4 rings (SSSR count). The number of hydrogen-bond acceptors (Lipinski definition) is 5. The maximum absolute atomic E-state index is 12.5. The van der Waals surface area contributed by atoms with Gasteiger partial charge in [-0.25, -0.2) is 0 Å². The third-order valence-corrected chi connectivity index (χ3v) is 5.02. The minimum atomic E-state index is -0.414. The number of amides is 2. The fraction of sp³-hybridized carbons (Fsp3) is 0.200. The Hall–Kier alpha value is -3.00. The topological polar surface area (TPSA) is 88.3 Å². The summed E-state index contributed by atoms with van der Waals surface area (Å²) in [6.45, 7) is 0.473. The zero-order valence-electron chi connectivity index (χ0n) is 14.8. The first-order valence-electron chi connectivity index (χ1n) is 8.82. The summed E-state index contributed by atoms with van der Waals surface area (Å²) in [6.07, 6.45) is 0.178. The smallest absolute Gasteiger partial charge is 0.246 e. The van der Waals surface area contributed by atoms with Crippen molar-refractivity contribution in [3.63, 3.8) is 0 Å². The normalized spacial score (nSPS) is 16.4. The van der Waals surface area contributed by atoms with Crippen molar-refractivity contribution in [1.29, 1.82) is 0 Å². The molecule has 0 unspecified atom stereocenters. The average Bonchev–Trinajstić information content (AvgIpc) is 3.34. The zero-order valence-corrected chi connectivity index (χ0v) is 16.4. The molecule has 0 aliphatic carbocycles. The third kappa shape index (κ3) is 3.96. The fourth-order valence-corrected chi connectivity index (χ4v) is 3.50. The van der Waals surface area contributed by atoms with Crippen molar-refractivity contribution >= 4 is 33.4 Å². The third-order valence-electron chi connectivity index (χ3n) is 4.53. The Balaban J connectivity index is 1.36. The van der Waals surface area contributed by atoms with E-state index in [-0.39, 0.29) is 24.8 Å². The SMILES string of the molecule is O=C(NCc1nc(-c2ccccc2)no1)[C@H]1CC(=O)N(c2cccc(Br)c2)C1. The molecule has 1 saturated heterocycles. The molecular formula is C20H17BrN4O3. The van der Waals surface area contributed by atoms with Crippen molar-refractivity contribution in [1.82, 2.24) is 15.5 Å². The Morgan fingerprint density at radius 2 is 2.04 bits per heavy atom. The molecule has 2 amide bonds. The number of hydrogen-bond donors (Lipinski definition) is 1. The predicted octanol–water partition coefficient (Wildman–Crippen LogP) is 3.17. The van der Waals surface area contributed by atoms with Gasteiger partial charge in [0.2, 0.25) is 23.5 Å². The molecule has 2 heterocycles. The Bertz CT molecular complexity index is 1010. The number of aromatic nitrogens is 2. The standard InChI is InChI=1S/C20H17BrN4O3/c21-15-7-4-8-16(10-15)25-12-14(9-18(25)26)20(27)22-11-17-23-19(24-28-17)13-5-2-1-3-6-13/h1-8,10,14H,9,11-12H2,(H,22,27)/t14-/m0/s1. The molecule has 0 bridgehead atoms. The minimum absolute atomic E-state index is 0.0672. The lowest BCUT2D eigenvalue weighted by Crippen LogP contribution is -2.32. The average molecular weight is 441 g/mol. The monoisotopic (exact) mass is 440 g/mol. The maximum atomic E-state index is 12.5. The predicted molar refractivity (Wildman–Crippen MR) is 106 cm³/mol. The van der Waals surface area contributed by atoms with Crippen LogP contribution in [0.15, 0.2) is 63.6 Å². The van der Waals surface area contributed by atoms with Gasteiger partial charge in [0.25, 0.3) is 0 Å². The number of carbonyl (C=O) groups excluding carboxylic acids is 2. The van der Waals surface area contributed by atoms with E-state index in [0.717, 1.165) is 15.7 Å². The van der Waals surface area contributed by atoms with Crippen LogP contribution in [-0.4, -0.2) is 28.5 Å². The molecule has 1 N–H and O–H groups in total. The maximum Gasteiger partial charge on any atom is 0.246 e. The number of rotatable bonds is 5. The van der Waals surface area contributed by atoms with E-state index < -0.39 is 5.92 Å². The van der Waals surface area contributed by atoms with Crippen LogP contribution in [0.3, 0.4) is 0 Å². The Kier molecular flexibility index (Phi) is 5.21. The van der Waals surface area contributed by atoms with Gasteiger partial charge in [-0.05, 0) is 18.2 Å². The highest BCUT2D eigenvalue weighted by molar-refractivity contribution is 9.10. The molecule has 0 radical (unpaired) electrons. The molecule has 1 fully saturated rings. The van der Waals surface area contributed by atoms with Crippen LogP contribution in [0.1, 0.15) is 12.3 Å². The molecule has 0 spiro atoms. The van der Waals surface area contributed by atoms with E-state index in [1.54, 1.807) is 4.90 Å². The summed E-state index contributed by atoms with van der Waals surface area (Å²) in [5, 5.41) is 6.72. The van der Waals surface area contributed by atoms with Gasteiger partial charge < -0.3 is 14.7 Å². The van der Waals surface area contributed by atoms with Crippen molar-refractivity contribution < 1.29 is 14.1 Å².